The number of hydrogen-bond acceptors (Lipinski definition) is 1. The lowest BCUT2D eigenvalue weighted by Crippen LogP contribution is -2.28. The summed E-state index contributed by atoms with van der Waals surface area (Å²) in [6.07, 6.45) is 2.76. The van der Waals surface area contributed by atoms with Crippen LogP contribution >= 0.6 is 11.6 Å². The van der Waals surface area contributed by atoms with Gasteiger partial charge < -0.3 is 5.11 Å². The first kappa shape index (κ1) is 14.6. The van der Waals surface area contributed by atoms with Crippen LogP contribution in [0.25, 0.3) is 0 Å². The average molecular weight is 305 g/mol. The molecule has 0 saturated carbocycles. The molecule has 1 aliphatic carbocycles. The highest BCUT2D eigenvalue weighted by Crippen LogP contribution is 2.30. The second kappa shape index (κ2) is 6.17. The van der Waals surface area contributed by atoms with Crippen LogP contribution in [0.2, 0.25) is 5.02 Å². The third-order valence-electron chi connectivity index (χ3n) is 4.37. The molecule has 0 bridgehead atoms. The molecule has 2 aromatic carbocycles. The standard InChI is InChI=1S/C18H18ClFO/c19-17-8-7-16(20)10-15(17)11-18(21)14-6-5-12-3-1-2-4-13(12)9-14/h1-4,7-8,10,14,18,21H,5-6,9,11H2. The number of hydrogen-bond donors (Lipinski definition) is 1. The van der Waals surface area contributed by atoms with E-state index in [1.165, 1.54) is 23.3 Å². The van der Waals surface area contributed by atoms with Crippen molar-refractivity contribution in [2.24, 2.45) is 5.92 Å². The van der Waals surface area contributed by atoms with Gasteiger partial charge in [-0.05, 0) is 60.1 Å². The van der Waals surface area contributed by atoms with E-state index in [0.717, 1.165) is 19.3 Å². The highest BCUT2D eigenvalue weighted by atomic mass is 35.5. The first-order valence-electron chi connectivity index (χ1n) is 7.32. The van der Waals surface area contributed by atoms with Crippen LogP contribution in [0.5, 0.6) is 0 Å². The number of rotatable bonds is 3. The van der Waals surface area contributed by atoms with Gasteiger partial charge >= 0.3 is 0 Å². The van der Waals surface area contributed by atoms with Gasteiger partial charge in [-0.2, -0.15) is 0 Å². The molecule has 0 aromatic heterocycles. The number of aryl methyl sites for hydroxylation is 1. The minimum atomic E-state index is -0.488. The molecule has 1 N–H and O–H groups in total. The first-order chi connectivity index (χ1) is 10.1. The Balaban J connectivity index is 1.72. The Labute approximate surface area is 129 Å². The van der Waals surface area contributed by atoms with Crippen LogP contribution in [0.4, 0.5) is 4.39 Å². The molecule has 3 rings (SSSR count). The quantitative estimate of drug-likeness (QED) is 0.901. The van der Waals surface area contributed by atoms with Crippen molar-refractivity contribution in [3.8, 4) is 0 Å². The number of aliphatic hydroxyl groups excluding tert-OH is 1. The summed E-state index contributed by atoms with van der Waals surface area (Å²) in [4.78, 5) is 0. The Bertz CT molecular complexity index is 641. The molecule has 1 aliphatic rings. The number of aliphatic hydroxyl groups is 1. The van der Waals surface area contributed by atoms with Gasteiger partial charge in [-0.25, -0.2) is 4.39 Å². The van der Waals surface area contributed by atoms with E-state index in [4.69, 9.17) is 11.6 Å². The van der Waals surface area contributed by atoms with Crippen LogP contribution in [0.15, 0.2) is 42.5 Å². The summed E-state index contributed by atoms with van der Waals surface area (Å²) >= 11 is 6.08. The van der Waals surface area contributed by atoms with Crippen LogP contribution < -0.4 is 0 Å². The minimum absolute atomic E-state index is 0.208. The Morgan fingerprint density at radius 3 is 2.76 bits per heavy atom. The van der Waals surface area contributed by atoms with E-state index in [1.807, 2.05) is 6.07 Å². The Kier molecular flexibility index (Phi) is 4.27. The van der Waals surface area contributed by atoms with Crippen molar-refractivity contribution in [2.45, 2.75) is 31.8 Å². The van der Waals surface area contributed by atoms with E-state index in [0.29, 0.717) is 17.0 Å². The third-order valence-corrected chi connectivity index (χ3v) is 4.73. The molecule has 2 atom stereocenters. The number of fused-ring (bicyclic) bond motifs is 1. The predicted molar refractivity (Wildman–Crippen MR) is 83.1 cm³/mol. The molecule has 110 valence electrons. The van der Waals surface area contributed by atoms with E-state index < -0.39 is 6.10 Å². The van der Waals surface area contributed by atoms with E-state index in [2.05, 4.69) is 18.2 Å². The maximum absolute atomic E-state index is 13.3. The van der Waals surface area contributed by atoms with Crippen LogP contribution in [0, 0.1) is 11.7 Å². The van der Waals surface area contributed by atoms with Crippen LogP contribution in [-0.2, 0) is 19.3 Å². The molecule has 0 fully saturated rings. The minimum Gasteiger partial charge on any atom is -0.392 e. The Hall–Kier alpha value is -1.38. The summed E-state index contributed by atoms with van der Waals surface area (Å²) < 4.78 is 13.3. The fourth-order valence-corrected chi connectivity index (χ4v) is 3.34. The largest absolute Gasteiger partial charge is 0.392 e. The maximum Gasteiger partial charge on any atom is 0.123 e. The van der Waals surface area contributed by atoms with Crippen molar-refractivity contribution < 1.29 is 9.50 Å². The van der Waals surface area contributed by atoms with E-state index in [9.17, 15) is 9.50 Å². The van der Waals surface area contributed by atoms with Gasteiger partial charge in [0.1, 0.15) is 5.82 Å². The van der Waals surface area contributed by atoms with Gasteiger partial charge in [0.25, 0.3) is 0 Å². The summed E-state index contributed by atoms with van der Waals surface area (Å²) in [6, 6.07) is 12.7. The topological polar surface area (TPSA) is 20.2 Å². The van der Waals surface area contributed by atoms with Gasteiger partial charge in [0.2, 0.25) is 0 Å². The summed E-state index contributed by atoms with van der Waals surface area (Å²) in [5.41, 5.74) is 3.38. The Morgan fingerprint density at radius 1 is 1.19 bits per heavy atom. The van der Waals surface area contributed by atoms with Crippen LogP contribution in [0.3, 0.4) is 0 Å². The molecule has 21 heavy (non-hydrogen) atoms. The monoisotopic (exact) mass is 304 g/mol. The first-order valence-corrected chi connectivity index (χ1v) is 7.70. The van der Waals surface area contributed by atoms with Crippen molar-refractivity contribution in [1.29, 1.82) is 0 Å². The summed E-state index contributed by atoms with van der Waals surface area (Å²) in [5.74, 6) is -0.102. The average Bonchev–Trinajstić information content (AvgIpc) is 2.50. The van der Waals surface area contributed by atoms with Crippen LogP contribution in [0.1, 0.15) is 23.1 Å². The van der Waals surface area contributed by atoms with E-state index in [1.54, 1.807) is 6.07 Å². The van der Waals surface area contributed by atoms with Crippen molar-refractivity contribution >= 4 is 11.6 Å². The van der Waals surface area contributed by atoms with Gasteiger partial charge in [-0.15, -0.1) is 0 Å². The maximum atomic E-state index is 13.3. The molecule has 2 aromatic rings. The highest BCUT2D eigenvalue weighted by Gasteiger charge is 2.25. The van der Waals surface area contributed by atoms with Gasteiger partial charge in [0, 0.05) is 11.4 Å². The zero-order valence-corrected chi connectivity index (χ0v) is 12.5. The number of halogens is 2. The molecule has 2 unspecified atom stereocenters. The molecule has 0 aliphatic heterocycles. The fourth-order valence-electron chi connectivity index (χ4n) is 3.15. The number of benzene rings is 2. The molecule has 1 nitrogen and oxygen atoms in total. The van der Waals surface area contributed by atoms with Gasteiger partial charge in [-0.1, -0.05) is 35.9 Å². The molecule has 3 heteroatoms. The van der Waals surface area contributed by atoms with Gasteiger partial charge in [0.15, 0.2) is 0 Å². The van der Waals surface area contributed by atoms with Crippen molar-refractivity contribution in [2.75, 3.05) is 0 Å². The molecular weight excluding hydrogens is 287 g/mol. The molecular formula is C18H18ClFO. The second-order valence-corrected chi connectivity index (χ2v) is 6.19. The third kappa shape index (κ3) is 3.28. The smallest absolute Gasteiger partial charge is 0.123 e. The Morgan fingerprint density at radius 2 is 1.95 bits per heavy atom. The highest BCUT2D eigenvalue weighted by molar-refractivity contribution is 6.31. The molecule has 0 amide bonds. The second-order valence-electron chi connectivity index (χ2n) is 5.78. The molecule has 0 radical (unpaired) electrons. The van der Waals surface area contributed by atoms with Gasteiger partial charge in [0.05, 0.1) is 6.10 Å². The van der Waals surface area contributed by atoms with Crippen molar-refractivity contribution in [3.05, 3.63) is 70.0 Å². The summed E-state index contributed by atoms with van der Waals surface area (Å²) in [7, 11) is 0. The fraction of sp³-hybridized carbons (Fsp3) is 0.333. The summed E-state index contributed by atoms with van der Waals surface area (Å²) in [5, 5.41) is 11.0. The van der Waals surface area contributed by atoms with Gasteiger partial charge in [-0.3, -0.25) is 0 Å². The zero-order chi connectivity index (χ0) is 14.8. The SMILES string of the molecule is OC(Cc1cc(F)ccc1Cl)C1CCc2ccccc2C1. The molecule has 0 spiro atoms. The molecule has 0 saturated heterocycles. The van der Waals surface area contributed by atoms with E-state index in [-0.39, 0.29) is 11.7 Å². The van der Waals surface area contributed by atoms with Crippen LogP contribution in [-0.4, -0.2) is 11.2 Å². The lowest BCUT2D eigenvalue weighted by Gasteiger charge is -2.28. The van der Waals surface area contributed by atoms with Crippen molar-refractivity contribution in [1.82, 2.24) is 0 Å². The normalized spacial score (nSPS) is 19.1. The van der Waals surface area contributed by atoms with E-state index >= 15 is 0 Å². The zero-order valence-electron chi connectivity index (χ0n) is 11.7. The lowest BCUT2D eigenvalue weighted by molar-refractivity contribution is 0.0992. The predicted octanol–water partition coefficient (Wildman–Crippen LogP) is 4.19. The van der Waals surface area contributed by atoms with Crippen molar-refractivity contribution in [3.63, 3.8) is 0 Å². The summed E-state index contributed by atoms with van der Waals surface area (Å²) in [6.45, 7) is 0. The lowest BCUT2D eigenvalue weighted by atomic mass is 9.79. The molecule has 0 heterocycles.